The number of fused-ring (bicyclic) bond motifs is 1. The van der Waals surface area contributed by atoms with Crippen molar-refractivity contribution in [2.24, 2.45) is 0 Å². The summed E-state index contributed by atoms with van der Waals surface area (Å²) in [5.74, 6) is 0.0818. The van der Waals surface area contributed by atoms with Gasteiger partial charge < -0.3 is 0 Å². The molecule has 0 bridgehead atoms. The molecule has 1 aliphatic carbocycles. The molecule has 0 heterocycles. The van der Waals surface area contributed by atoms with E-state index in [4.69, 9.17) is 10.6 Å². The van der Waals surface area contributed by atoms with Crippen molar-refractivity contribution in [3.63, 3.8) is 0 Å². The lowest BCUT2D eigenvalue weighted by molar-refractivity contribution is 0.234. The van der Waals surface area contributed by atoms with Crippen LogP contribution in [-0.4, -0.2) is 22.3 Å². The first-order chi connectivity index (χ1) is 8.69. The highest BCUT2D eigenvalue weighted by molar-refractivity contribution is 7.13. The second-order valence-corrected chi connectivity index (χ2v) is 5.32. The van der Waals surface area contributed by atoms with Crippen LogP contribution in [0.1, 0.15) is 42.5 Å². The van der Waals surface area contributed by atoms with Gasteiger partial charge in [0, 0.05) is 18.2 Å². The van der Waals surface area contributed by atoms with Gasteiger partial charge in [0.25, 0.3) is 0 Å². The maximum Gasteiger partial charge on any atom is 0.149 e. The number of rotatable bonds is 4. The molecule has 1 aliphatic rings. The zero-order valence-corrected chi connectivity index (χ0v) is 11.8. The Bertz CT molecular complexity index is 450. The average Bonchev–Trinajstić information content (AvgIpc) is 2.81. The minimum atomic E-state index is 0.0818. The number of hydroxylamine groups is 1. The molecule has 2 rings (SSSR count). The second-order valence-electron chi connectivity index (χ2n) is 4.65. The first kappa shape index (κ1) is 13.5. The van der Waals surface area contributed by atoms with E-state index in [0.29, 0.717) is 6.04 Å². The molecule has 5 heteroatoms. The van der Waals surface area contributed by atoms with Crippen LogP contribution >= 0.6 is 9.39 Å². The summed E-state index contributed by atoms with van der Waals surface area (Å²) >= 11 is 0. The Hall–Kier alpha value is -0.960. The molecule has 2 atom stereocenters. The van der Waals surface area contributed by atoms with Gasteiger partial charge in [-0.3, -0.25) is 20.8 Å². The number of nitrogens with zero attached hydrogens (tertiary/aromatic N) is 1. The van der Waals surface area contributed by atoms with Crippen molar-refractivity contribution in [1.29, 1.82) is 5.41 Å². The van der Waals surface area contributed by atoms with Crippen LogP contribution in [-0.2, 0) is 6.42 Å². The molecule has 0 radical (unpaired) electrons. The highest BCUT2D eigenvalue weighted by Gasteiger charge is 2.28. The fourth-order valence-electron chi connectivity index (χ4n) is 2.69. The summed E-state index contributed by atoms with van der Waals surface area (Å²) in [6.45, 7) is 3.23. The molecule has 4 nitrogen and oxygen atoms in total. The quantitative estimate of drug-likeness (QED) is 0.339. The van der Waals surface area contributed by atoms with E-state index in [1.807, 2.05) is 17.6 Å². The molecule has 3 N–H and O–H groups in total. The minimum absolute atomic E-state index is 0.0818. The largest absolute Gasteiger partial charge is 0.290 e. The monoisotopic (exact) mass is 265 g/mol. The Morgan fingerprint density at radius 1 is 1.61 bits per heavy atom. The van der Waals surface area contributed by atoms with Crippen molar-refractivity contribution in [2.75, 3.05) is 6.54 Å². The van der Waals surface area contributed by atoms with Gasteiger partial charge in [0.15, 0.2) is 0 Å². The van der Waals surface area contributed by atoms with E-state index in [1.54, 1.807) is 0 Å². The number of nitrogens with one attached hydrogen (secondary N) is 2. The molecule has 1 unspecified atom stereocenters. The number of hydrogen-bond donors (Lipinski definition) is 3. The van der Waals surface area contributed by atoms with Crippen molar-refractivity contribution in [3.05, 3.63) is 34.9 Å². The van der Waals surface area contributed by atoms with Gasteiger partial charge in [-0.1, -0.05) is 34.5 Å². The van der Waals surface area contributed by atoms with Crippen molar-refractivity contribution in [1.82, 2.24) is 10.2 Å². The third kappa shape index (κ3) is 2.41. The third-order valence-corrected chi connectivity index (χ3v) is 4.12. The molecule has 0 spiro atoms. The smallest absolute Gasteiger partial charge is 0.149 e. The highest BCUT2D eigenvalue weighted by Crippen LogP contribution is 2.38. The van der Waals surface area contributed by atoms with Crippen LogP contribution in [0.3, 0.4) is 0 Å². The van der Waals surface area contributed by atoms with E-state index in [9.17, 15) is 0 Å². The highest BCUT2D eigenvalue weighted by atomic mass is 31.0. The molecule has 0 saturated heterocycles. The lowest BCUT2D eigenvalue weighted by atomic mass is 10.0. The molecule has 1 aromatic rings. The number of benzene rings is 1. The first-order valence-corrected chi connectivity index (χ1v) is 6.82. The van der Waals surface area contributed by atoms with Crippen LogP contribution in [0.4, 0.5) is 0 Å². The van der Waals surface area contributed by atoms with Crippen LogP contribution < -0.4 is 5.48 Å². The third-order valence-electron chi connectivity index (χ3n) is 3.50. The molecule has 1 aromatic carbocycles. The Morgan fingerprint density at radius 2 is 2.39 bits per heavy atom. The average molecular weight is 265 g/mol. The van der Waals surface area contributed by atoms with Gasteiger partial charge in [-0.15, -0.1) is 0 Å². The second kappa shape index (κ2) is 5.79. The van der Waals surface area contributed by atoms with Gasteiger partial charge in [0.05, 0.1) is 0 Å². The minimum Gasteiger partial charge on any atom is -0.290 e. The standard InChI is InChI=1S/C13H20N3OP/c1-2-8-16(18)12-7-6-9-10(12)4-3-5-11(9)13(14)15-17/h3-5,12,17H,2,6-8,18H2,1H3,(H2,14,15)/t12-/m1/s1. The molecule has 18 heavy (non-hydrogen) atoms. The van der Waals surface area contributed by atoms with Crippen molar-refractivity contribution < 1.29 is 5.21 Å². The summed E-state index contributed by atoms with van der Waals surface area (Å²) in [6, 6.07) is 6.40. The van der Waals surface area contributed by atoms with Crippen molar-refractivity contribution in [3.8, 4) is 0 Å². The molecule has 0 fully saturated rings. The normalized spacial score (nSPS) is 17.9. The van der Waals surface area contributed by atoms with Crippen molar-refractivity contribution >= 4 is 15.2 Å². The predicted molar refractivity (Wildman–Crippen MR) is 76.0 cm³/mol. The fourth-order valence-corrected chi connectivity index (χ4v) is 3.25. The lowest BCUT2D eigenvalue weighted by Gasteiger charge is -2.24. The van der Waals surface area contributed by atoms with Gasteiger partial charge in [-0.25, -0.2) is 0 Å². The van der Waals surface area contributed by atoms with Gasteiger partial charge in [-0.2, -0.15) is 0 Å². The number of amidine groups is 1. The molecule has 0 aliphatic heterocycles. The Kier molecular flexibility index (Phi) is 4.33. The van der Waals surface area contributed by atoms with E-state index >= 15 is 0 Å². The van der Waals surface area contributed by atoms with Crippen LogP contribution in [0.15, 0.2) is 18.2 Å². The Morgan fingerprint density at radius 3 is 3.06 bits per heavy atom. The molecular formula is C13H20N3OP. The van der Waals surface area contributed by atoms with Crippen molar-refractivity contribution in [2.45, 2.75) is 32.2 Å². The maximum absolute atomic E-state index is 8.89. The van der Waals surface area contributed by atoms with E-state index in [-0.39, 0.29) is 5.84 Å². The van der Waals surface area contributed by atoms with Crippen LogP contribution in [0.5, 0.6) is 0 Å². The van der Waals surface area contributed by atoms with E-state index in [1.165, 1.54) is 11.1 Å². The number of hydrogen-bond acceptors (Lipinski definition) is 3. The van der Waals surface area contributed by atoms with E-state index in [2.05, 4.69) is 27.1 Å². The zero-order valence-electron chi connectivity index (χ0n) is 10.6. The van der Waals surface area contributed by atoms with E-state index < -0.39 is 0 Å². The topological polar surface area (TPSA) is 59.4 Å². The Labute approximate surface area is 110 Å². The summed E-state index contributed by atoms with van der Waals surface area (Å²) in [6.07, 6.45) is 3.17. The van der Waals surface area contributed by atoms with Gasteiger partial charge in [0.1, 0.15) is 5.84 Å². The molecule has 0 saturated carbocycles. The summed E-state index contributed by atoms with van der Waals surface area (Å²) in [5, 5.41) is 16.6. The lowest BCUT2D eigenvalue weighted by Crippen LogP contribution is -2.21. The molecule has 0 aromatic heterocycles. The predicted octanol–water partition coefficient (Wildman–Crippen LogP) is 2.48. The zero-order chi connectivity index (χ0) is 13.1. The maximum atomic E-state index is 8.89. The summed E-state index contributed by atoms with van der Waals surface area (Å²) in [4.78, 5) is 0. The fraction of sp³-hybridized carbons (Fsp3) is 0.462. The molecular weight excluding hydrogens is 245 g/mol. The van der Waals surface area contributed by atoms with Gasteiger partial charge >= 0.3 is 0 Å². The van der Waals surface area contributed by atoms with Crippen LogP contribution in [0.2, 0.25) is 0 Å². The summed E-state index contributed by atoms with van der Waals surface area (Å²) in [7, 11) is 2.81. The summed E-state index contributed by atoms with van der Waals surface area (Å²) in [5.41, 5.74) is 5.24. The van der Waals surface area contributed by atoms with Crippen LogP contribution in [0, 0.1) is 5.41 Å². The molecule has 0 amide bonds. The van der Waals surface area contributed by atoms with Crippen LogP contribution in [0.25, 0.3) is 0 Å². The van der Waals surface area contributed by atoms with Gasteiger partial charge in [0.2, 0.25) is 0 Å². The van der Waals surface area contributed by atoms with Gasteiger partial charge in [-0.05, 0) is 30.4 Å². The summed E-state index contributed by atoms with van der Waals surface area (Å²) < 4.78 is 2.30. The Balaban J connectivity index is 2.31. The SMILES string of the molecule is CCCN(P)[C@@H]1CCc2c(C(=N)NO)cccc21. The molecule has 98 valence electrons. The van der Waals surface area contributed by atoms with E-state index in [0.717, 1.165) is 31.4 Å². The first-order valence-electron chi connectivity index (χ1n) is 6.31.